The molecule has 46 heavy (non-hydrogen) atoms. The highest BCUT2D eigenvalue weighted by atomic mass is 16.6. The summed E-state index contributed by atoms with van der Waals surface area (Å²) in [6.07, 6.45) is 2.30. The quantitative estimate of drug-likeness (QED) is 0.174. The molecule has 0 bridgehead atoms. The van der Waals surface area contributed by atoms with E-state index in [1.54, 1.807) is 18.0 Å². The van der Waals surface area contributed by atoms with Crippen molar-refractivity contribution in [3.8, 4) is 16.9 Å². The van der Waals surface area contributed by atoms with Crippen LogP contribution >= 0.6 is 0 Å². The van der Waals surface area contributed by atoms with Gasteiger partial charge in [-0.05, 0) is 66.1 Å². The number of rotatable bonds is 10. The van der Waals surface area contributed by atoms with Crippen molar-refractivity contribution in [1.82, 2.24) is 19.7 Å². The van der Waals surface area contributed by atoms with E-state index in [-0.39, 0.29) is 37.0 Å². The molecule has 2 N–H and O–H groups in total. The molecule has 3 heterocycles. The number of nitrogen functional groups attached to an aromatic ring is 1. The van der Waals surface area contributed by atoms with E-state index in [2.05, 4.69) is 35.3 Å². The van der Waals surface area contributed by atoms with Gasteiger partial charge in [0.05, 0.1) is 31.2 Å². The second-order valence-corrected chi connectivity index (χ2v) is 12.0. The first-order chi connectivity index (χ1) is 22.3. The fourth-order valence-corrected chi connectivity index (χ4v) is 5.88. The first kappa shape index (κ1) is 30.9. The van der Waals surface area contributed by atoms with Crippen LogP contribution in [0.15, 0.2) is 72.9 Å². The van der Waals surface area contributed by atoms with Gasteiger partial charge in [0.2, 0.25) is 0 Å². The van der Waals surface area contributed by atoms with Crippen molar-refractivity contribution in [2.24, 2.45) is 5.92 Å². The predicted molar refractivity (Wildman–Crippen MR) is 177 cm³/mol. The SMILES string of the molecule is CCOC(=O)Cc1ccccc1OCc1nn([C@H]2CCN(C(=O)OCC(C)C)C2)c2ccc(-c3ccc4ccnc(N)c4c3)cc12. The van der Waals surface area contributed by atoms with Crippen LogP contribution in [0.4, 0.5) is 10.6 Å². The number of esters is 1. The Bertz CT molecular complexity index is 1880. The Labute approximate surface area is 268 Å². The third kappa shape index (κ3) is 6.61. The molecule has 1 amide bonds. The number of para-hydroxylation sites is 1. The average molecular weight is 622 g/mol. The zero-order valence-electron chi connectivity index (χ0n) is 26.4. The number of amides is 1. The van der Waals surface area contributed by atoms with Crippen LogP contribution in [-0.2, 0) is 27.3 Å². The highest BCUT2D eigenvalue weighted by Gasteiger charge is 2.31. The number of pyridine rings is 1. The third-order valence-electron chi connectivity index (χ3n) is 8.20. The van der Waals surface area contributed by atoms with E-state index >= 15 is 0 Å². The summed E-state index contributed by atoms with van der Waals surface area (Å²) in [7, 11) is 0. The molecule has 10 heteroatoms. The maximum absolute atomic E-state index is 12.7. The molecular formula is C36H39N5O5. The minimum Gasteiger partial charge on any atom is -0.487 e. The molecule has 1 aliphatic rings. The number of hydrogen-bond donors (Lipinski definition) is 1. The van der Waals surface area contributed by atoms with Crippen LogP contribution in [0.1, 0.15) is 44.5 Å². The maximum Gasteiger partial charge on any atom is 0.409 e. The summed E-state index contributed by atoms with van der Waals surface area (Å²) < 4.78 is 19.0. The Morgan fingerprint density at radius 2 is 1.78 bits per heavy atom. The molecule has 0 saturated carbocycles. The Balaban J connectivity index is 1.33. The number of carbonyl (C=O) groups excluding carboxylic acids is 2. The van der Waals surface area contributed by atoms with Crippen LogP contribution < -0.4 is 10.5 Å². The molecule has 0 radical (unpaired) electrons. The summed E-state index contributed by atoms with van der Waals surface area (Å²) in [6.45, 7) is 7.84. The second kappa shape index (κ2) is 13.5. The molecule has 0 unspecified atom stereocenters. The van der Waals surface area contributed by atoms with E-state index < -0.39 is 0 Å². The lowest BCUT2D eigenvalue weighted by Crippen LogP contribution is -2.30. The molecule has 1 saturated heterocycles. The highest BCUT2D eigenvalue weighted by Crippen LogP contribution is 2.34. The summed E-state index contributed by atoms with van der Waals surface area (Å²) in [5.41, 5.74) is 10.7. The first-order valence-electron chi connectivity index (χ1n) is 15.7. The van der Waals surface area contributed by atoms with Gasteiger partial charge in [0.1, 0.15) is 23.9 Å². The first-order valence-corrected chi connectivity index (χ1v) is 15.7. The molecule has 10 nitrogen and oxygen atoms in total. The standard InChI is InChI=1S/C36H39N5O5/c1-4-44-34(42)19-27-7-5-6-8-33(27)45-22-31-30-18-26(25-10-9-24-13-15-38-35(37)29(24)17-25)11-12-32(30)41(39-31)28-14-16-40(20-28)36(43)46-21-23(2)3/h5-13,15,17-18,23,28H,4,14,16,19-22H2,1-3H3,(H2,37,38)/t28-/m0/s1. The molecule has 238 valence electrons. The van der Waals surface area contributed by atoms with Crippen molar-refractivity contribution in [3.63, 3.8) is 0 Å². The molecule has 1 atom stereocenters. The highest BCUT2D eigenvalue weighted by molar-refractivity contribution is 5.95. The number of hydrogen-bond acceptors (Lipinski definition) is 8. The lowest BCUT2D eigenvalue weighted by Gasteiger charge is -2.17. The number of fused-ring (bicyclic) bond motifs is 2. The fraction of sp³-hybridized carbons (Fsp3) is 0.333. The summed E-state index contributed by atoms with van der Waals surface area (Å²) in [6, 6.07) is 21.9. The van der Waals surface area contributed by atoms with Crippen molar-refractivity contribution in [1.29, 1.82) is 0 Å². The molecule has 1 aliphatic heterocycles. The minimum atomic E-state index is -0.304. The Kier molecular flexibility index (Phi) is 9.05. The van der Waals surface area contributed by atoms with Crippen LogP contribution in [-0.4, -0.2) is 58.0 Å². The summed E-state index contributed by atoms with van der Waals surface area (Å²) in [5.74, 6) is 1.06. The van der Waals surface area contributed by atoms with Gasteiger partial charge in [-0.25, -0.2) is 9.78 Å². The van der Waals surface area contributed by atoms with Gasteiger partial charge in [-0.3, -0.25) is 9.48 Å². The molecule has 0 spiro atoms. The minimum absolute atomic E-state index is 0.0173. The molecule has 3 aromatic carbocycles. The van der Waals surface area contributed by atoms with Crippen LogP contribution in [0.25, 0.3) is 32.8 Å². The van der Waals surface area contributed by atoms with Crippen molar-refractivity contribution in [2.75, 3.05) is 32.0 Å². The summed E-state index contributed by atoms with van der Waals surface area (Å²) in [4.78, 5) is 31.0. The van der Waals surface area contributed by atoms with Crippen molar-refractivity contribution in [3.05, 3.63) is 84.2 Å². The van der Waals surface area contributed by atoms with Gasteiger partial charge in [0.15, 0.2) is 0 Å². The lowest BCUT2D eigenvalue weighted by atomic mass is 10.00. The summed E-state index contributed by atoms with van der Waals surface area (Å²) >= 11 is 0. The van der Waals surface area contributed by atoms with Crippen LogP contribution in [0.2, 0.25) is 0 Å². The molecular weight excluding hydrogens is 582 g/mol. The largest absolute Gasteiger partial charge is 0.487 e. The Morgan fingerprint density at radius 3 is 2.59 bits per heavy atom. The Hall–Kier alpha value is -5.12. The van der Waals surface area contributed by atoms with E-state index in [0.717, 1.165) is 50.5 Å². The van der Waals surface area contributed by atoms with Crippen molar-refractivity contribution in [2.45, 2.75) is 46.3 Å². The number of ether oxygens (including phenoxy) is 3. The molecule has 1 fully saturated rings. The van der Waals surface area contributed by atoms with Crippen molar-refractivity contribution >= 4 is 39.6 Å². The van der Waals surface area contributed by atoms with Gasteiger partial charge < -0.3 is 24.8 Å². The zero-order chi connectivity index (χ0) is 32.2. The maximum atomic E-state index is 12.7. The number of carbonyl (C=O) groups is 2. The topological polar surface area (TPSA) is 122 Å². The normalized spacial score (nSPS) is 14.7. The van der Waals surface area contributed by atoms with Gasteiger partial charge in [0, 0.05) is 35.6 Å². The number of nitrogens with zero attached hydrogens (tertiary/aromatic N) is 4. The molecule has 6 rings (SSSR count). The zero-order valence-corrected chi connectivity index (χ0v) is 26.4. The monoisotopic (exact) mass is 621 g/mol. The van der Waals surface area contributed by atoms with Gasteiger partial charge in [0.25, 0.3) is 0 Å². The predicted octanol–water partition coefficient (Wildman–Crippen LogP) is 6.56. The van der Waals surface area contributed by atoms with Gasteiger partial charge in [-0.1, -0.05) is 50.2 Å². The van der Waals surface area contributed by atoms with E-state index in [4.69, 9.17) is 25.0 Å². The molecule has 0 aliphatic carbocycles. The molecule has 2 aromatic heterocycles. The number of benzene rings is 3. The van der Waals surface area contributed by atoms with Gasteiger partial charge in [-0.2, -0.15) is 5.10 Å². The lowest BCUT2D eigenvalue weighted by molar-refractivity contribution is -0.142. The third-order valence-corrected chi connectivity index (χ3v) is 8.20. The summed E-state index contributed by atoms with van der Waals surface area (Å²) in [5, 5.41) is 7.93. The van der Waals surface area contributed by atoms with Crippen LogP contribution in [0, 0.1) is 5.92 Å². The van der Waals surface area contributed by atoms with Gasteiger partial charge in [-0.15, -0.1) is 0 Å². The van der Waals surface area contributed by atoms with E-state index in [1.807, 2.05) is 54.9 Å². The molecule has 5 aromatic rings. The van der Waals surface area contributed by atoms with E-state index in [9.17, 15) is 9.59 Å². The van der Waals surface area contributed by atoms with E-state index in [0.29, 0.717) is 37.9 Å². The van der Waals surface area contributed by atoms with Crippen LogP contribution in [0.5, 0.6) is 5.75 Å². The number of aromatic nitrogens is 3. The smallest absolute Gasteiger partial charge is 0.409 e. The number of anilines is 1. The number of nitrogens with two attached hydrogens (primary N) is 1. The van der Waals surface area contributed by atoms with Crippen LogP contribution in [0.3, 0.4) is 0 Å². The number of likely N-dealkylation sites (tertiary alicyclic amines) is 1. The van der Waals surface area contributed by atoms with E-state index in [1.165, 1.54) is 0 Å². The second-order valence-electron chi connectivity index (χ2n) is 12.0. The average Bonchev–Trinajstić information content (AvgIpc) is 3.68. The Morgan fingerprint density at radius 1 is 1.00 bits per heavy atom. The fourth-order valence-electron chi connectivity index (χ4n) is 5.88. The van der Waals surface area contributed by atoms with Gasteiger partial charge >= 0.3 is 12.1 Å². The van der Waals surface area contributed by atoms with Crippen molar-refractivity contribution < 1.29 is 23.8 Å².